The molecular formula is C28H41ClN4O2SSi. The van der Waals surface area contributed by atoms with Crippen LogP contribution < -0.4 is 0 Å². The number of aryl methyl sites for hydroxylation is 1. The Labute approximate surface area is 232 Å². The van der Waals surface area contributed by atoms with E-state index in [0.717, 1.165) is 53.1 Å². The predicted octanol–water partition coefficient (Wildman–Crippen LogP) is 8.11. The lowest BCUT2D eigenvalue weighted by Crippen LogP contribution is -2.48. The van der Waals surface area contributed by atoms with Crippen molar-refractivity contribution < 1.29 is 9.16 Å². The van der Waals surface area contributed by atoms with Gasteiger partial charge in [0, 0.05) is 36.9 Å². The molecule has 202 valence electrons. The molecule has 3 rings (SSSR count). The highest BCUT2D eigenvalue weighted by Gasteiger charge is 2.44. The fraction of sp³-hybridized carbons (Fsp3) is 0.536. The maximum Gasteiger partial charge on any atom is 0.200 e. The van der Waals surface area contributed by atoms with Crippen molar-refractivity contribution in [3.05, 3.63) is 47.4 Å². The largest absolute Gasteiger partial charge is 0.416 e. The molecule has 1 aromatic carbocycles. The molecule has 0 radical (unpaired) electrons. The number of hydrogen-bond acceptors (Lipinski definition) is 6. The summed E-state index contributed by atoms with van der Waals surface area (Å²) in [5, 5.41) is 1.41. The van der Waals surface area contributed by atoms with Gasteiger partial charge in [-0.25, -0.2) is 15.0 Å². The van der Waals surface area contributed by atoms with Crippen LogP contribution in [0.25, 0.3) is 22.6 Å². The van der Waals surface area contributed by atoms with E-state index in [1.165, 1.54) is 11.8 Å². The van der Waals surface area contributed by atoms with Gasteiger partial charge in [0.15, 0.2) is 13.5 Å². The van der Waals surface area contributed by atoms with Gasteiger partial charge in [-0.1, -0.05) is 77.0 Å². The van der Waals surface area contributed by atoms with Crippen LogP contribution in [0.4, 0.5) is 0 Å². The molecule has 0 fully saturated rings. The number of imidazole rings is 1. The van der Waals surface area contributed by atoms with Crippen molar-refractivity contribution in [1.82, 2.24) is 19.5 Å². The van der Waals surface area contributed by atoms with E-state index in [9.17, 15) is 0 Å². The van der Waals surface area contributed by atoms with Crippen molar-refractivity contribution in [3.8, 4) is 22.6 Å². The first-order valence-electron chi connectivity index (χ1n) is 13.0. The number of thioether (sulfide) groups is 1. The lowest BCUT2D eigenvalue weighted by molar-refractivity contribution is 0.129. The first kappa shape index (κ1) is 29.8. The average Bonchev–Trinajstić information content (AvgIpc) is 3.22. The molecule has 0 spiro atoms. The molecule has 0 unspecified atom stereocenters. The van der Waals surface area contributed by atoms with Crippen molar-refractivity contribution in [1.29, 1.82) is 0 Å². The number of benzene rings is 1. The van der Waals surface area contributed by atoms with Crippen molar-refractivity contribution in [2.75, 3.05) is 20.0 Å². The number of halogens is 1. The summed E-state index contributed by atoms with van der Waals surface area (Å²) in [6.45, 7) is 15.1. The lowest BCUT2D eigenvalue weighted by atomic mass is 10.1. The molecule has 9 heteroatoms. The summed E-state index contributed by atoms with van der Waals surface area (Å²) in [5.41, 5.74) is 5.29. The van der Waals surface area contributed by atoms with Gasteiger partial charge in [-0.2, -0.15) is 0 Å². The Bertz CT molecular complexity index is 1130. The minimum Gasteiger partial charge on any atom is -0.416 e. The van der Waals surface area contributed by atoms with Crippen LogP contribution in [0.2, 0.25) is 21.6 Å². The molecule has 0 amide bonds. The number of aromatic nitrogens is 4. The normalized spacial score (nSPS) is 12.3. The molecule has 3 aromatic rings. The highest BCUT2D eigenvalue weighted by atomic mass is 35.5. The zero-order valence-corrected chi connectivity index (χ0v) is 26.0. The van der Waals surface area contributed by atoms with Crippen molar-refractivity contribution in [3.63, 3.8) is 0 Å². The maximum absolute atomic E-state index is 6.82. The molecule has 37 heavy (non-hydrogen) atoms. The third kappa shape index (κ3) is 6.65. The second-order valence-electron chi connectivity index (χ2n) is 10.3. The molecule has 0 bridgehead atoms. The number of methoxy groups -OCH3 is 1. The minimum atomic E-state index is -1.91. The molecule has 0 aliphatic rings. The quantitative estimate of drug-likeness (QED) is 0.0910. The van der Waals surface area contributed by atoms with Gasteiger partial charge in [0.25, 0.3) is 0 Å². The zero-order chi connectivity index (χ0) is 27.2. The van der Waals surface area contributed by atoms with Gasteiger partial charge >= 0.3 is 0 Å². The Morgan fingerprint density at radius 1 is 0.973 bits per heavy atom. The third-order valence-corrected chi connectivity index (χ3v) is 14.0. The molecule has 0 aliphatic heterocycles. The van der Waals surface area contributed by atoms with Crippen LogP contribution in [-0.2, 0) is 22.3 Å². The van der Waals surface area contributed by atoms with Crippen LogP contribution >= 0.6 is 23.4 Å². The first-order chi connectivity index (χ1) is 17.6. The molecule has 6 nitrogen and oxygen atoms in total. The Hall–Kier alpha value is -1.71. The number of rotatable bonds is 13. The van der Waals surface area contributed by atoms with E-state index in [1.807, 2.05) is 36.6 Å². The van der Waals surface area contributed by atoms with E-state index in [-0.39, 0.29) is 0 Å². The van der Waals surface area contributed by atoms with Crippen molar-refractivity contribution >= 4 is 31.7 Å². The highest BCUT2D eigenvalue weighted by Crippen LogP contribution is 2.42. The maximum atomic E-state index is 6.82. The van der Waals surface area contributed by atoms with Gasteiger partial charge in [0.05, 0.1) is 17.1 Å². The van der Waals surface area contributed by atoms with Gasteiger partial charge in [-0.15, -0.1) is 0 Å². The Morgan fingerprint density at radius 3 is 2.19 bits per heavy atom. The predicted molar refractivity (Wildman–Crippen MR) is 158 cm³/mol. The van der Waals surface area contributed by atoms with Crippen LogP contribution in [0.1, 0.15) is 53.8 Å². The van der Waals surface area contributed by atoms with E-state index in [0.29, 0.717) is 28.4 Å². The van der Waals surface area contributed by atoms with E-state index < -0.39 is 8.32 Å². The average molecular weight is 561 g/mol. The highest BCUT2D eigenvalue weighted by molar-refractivity contribution is 7.98. The van der Waals surface area contributed by atoms with Gasteiger partial charge in [0.1, 0.15) is 12.6 Å². The minimum absolute atomic E-state index is 0.382. The summed E-state index contributed by atoms with van der Waals surface area (Å²) in [5.74, 6) is 0.959. The van der Waals surface area contributed by atoms with E-state index in [2.05, 4.69) is 51.1 Å². The lowest BCUT2D eigenvalue weighted by Gasteiger charge is -2.42. The summed E-state index contributed by atoms with van der Waals surface area (Å²) in [6.07, 6.45) is 5.45. The van der Waals surface area contributed by atoms with Gasteiger partial charge in [0.2, 0.25) is 0 Å². The molecule has 2 heterocycles. The number of hydrogen-bond donors (Lipinski definition) is 0. The molecule has 0 N–H and O–H groups in total. The second kappa shape index (κ2) is 13.4. The number of nitrogens with zero attached hydrogens (tertiary/aromatic N) is 4. The Kier molecular flexibility index (Phi) is 10.8. The summed E-state index contributed by atoms with van der Waals surface area (Å²) >= 11 is 7.71. The van der Waals surface area contributed by atoms with Crippen molar-refractivity contribution in [2.24, 2.45) is 0 Å². The van der Waals surface area contributed by atoms with E-state index in [1.54, 1.807) is 13.3 Å². The van der Waals surface area contributed by atoms with Crippen LogP contribution in [0.3, 0.4) is 0 Å². The second-order valence-corrected chi connectivity index (χ2v) is 16.9. The van der Waals surface area contributed by atoms with Crippen LogP contribution in [0.5, 0.6) is 0 Å². The first-order valence-corrected chi connectivity index (χ1v) is 16.8. The number of ether oxygens (including phenoxy) is 1. The third-order valence-electron chi connectivity index (χ3n) is 7.09. The molecule has 0 saturated heterocycles. The SMILES string of the molecule is COCn1c(CCCO[Si](C(C)C)(C(C)C)C(C)C)nc(-c2ccc(Cl)cc2)c1-c1ccnc(SC)n1. The summed E-state index contributed by atoms with van der Waals surface area (Å²) in [6, 6.07) is 9.73. The molecule has 2 aromatic heterocycles. The smallest absolute Gasteiger partial charge is 0.200 e. The fourth-order valence-electron chi connectivity index (χ4n) is 5.58. The van der Waals surface area contributed by atoms with E-state index >= 15 is 0 Å². The molecule has 0 saturated carbocycles. The van der Waals surface area contributed by atoms with Gasteiger partial charge < -0.3 is 13.7 Å². The molecular weight excluding hydrogens is 520 g/mol. The van der Waals surface area contributed by atoms with Gasteiger partial charge in [-0.3, -0.25) is 0 Å². The van der Waals surface area contributed by atoms with Gasteiger partial charge in [-0.05, 0) is 47.5 Å². The van der Waals surface area contributed by atoms with E-state index in [4.69, 9.17) is 30.7 Å². The summed E-state index contributed by atoms with van der Waals surface area (Å²) in [4.78, 5) is 14.3. The Morgan fingerprint density at radius 2 is 1.62 bits per heavy atom. The summed E-state index contributed by atoms with van der Waals surface area (Å²) in [7, 11) is -0.197. The fourth-order valence-corrected chi connectivity index (χ4v) is 11.6. The molecule has 0 aliphatic carbocycles. The zero-order valence-electron chi connectivity index (χ0n) is 23.4. The summed E-state index contributed by atoms with van der Waals surface area (Å²) < 4.78 is 14.6. The van der Waals surface area contributed by atoms with Crippen LogP contribution in [-0.4, -0.2) is 47.8 Å². The monoisotopic (exact) mass is 560 g/mol. The molecule has 0 atom stereocenters. The standard InChI is InChI=1S/C28H41ClN4O2SSi/c1-19(2)37(20(3)4,21(5)6)35-17-9-10-25-32-26(22-11-13-23(29)14-12-22)27(33(25)18-34-7)24-15-16-30-28(31-24)36-8/h11-16,19-21H,9-10,17-18H2,1-8H3. The van der Waals surface area contributed by atoms with Crippen LogP contribution in [0, 0.1) is 0 Å². The van der Waals surface area contributed by atoms with Crippen molar-refractivity contribution in [2.45, 2.75) is 82.9 Å². The Balaban J connectivity index is 1.98. The topological polar surface area (TPSA) is 62.1 Å². The van der Waals surface area contributed by atoms with Crippen LogP contribution in [0.15, 0.2) is 41.7 Å².